The molecule has 1 N–H and O–H groups in total. The van der Waals surface area contributed by atoms with E-state index >= 15 is 0 Å². The first kappa shape index (κ1) is 14.0. The molecule has 0 saturated carbocycles. The average Bonchev–Trinajstić information content (AvgIpc) is 2.47. The summed E-state index contributed by atoms with van der Waals surface area (Å²) in [5.74, 6) is 0. The van der Waals surface area contributed by atoms with Crippen molar-refractivity contribution >= 4 is 10.9 Å². The van der Waals surface area contributed by atoms with Gasteiger partial charge in [0.15, 0.2) is 0 Å². The number of pyridine rings is 1. The Morgan fingerprint density at radius 3 is 2.74 bits per heavy atom. The zero-order valence-electron chi connectivity index (χ0n) is 12.0. The van der Waals surface area contributed by atoms with E-state index in [1.54, 1.807) is 0 Å². The molecule has 0 amide bonds. The Bertz CT molecular complexity index is 502. The second-order valence-electron chi connectivity index (χ2n) is 5.11. The van der Waals surface area contributed by atoms with Gasteiger partial charge in [-0.1, -0.05) is 56.9 Å². The monoisotopic (exact) mass is 256 g/mol. The maximum Gasteiger partial charge on any atom is 0.0749 e. The highest BCUT2D eigenvalue weighted by Gasteiger charge is 2.12. The van der Waals surface area contributed by atoms with Crippen molar-refractivity contribution in [2.75, 3.05) is 7.05 Å². The smallest absolute Gasteiger partial charge is 0.0749 e. The zero-order chi connectivity index (χ0) is 13.5. The van der Waals surface area contributed by atoms with Crippen LogP contribution in [0.2, 0.25) is 0 Å². The SMILES string of the molecule is CCCCCCC(NC)c1cccc2cccnc12. The Morgan fingerprint density at radius 1 is 1.11 bits per heavy atom. The van der Waals surface area contributed by atoms with Gasteiger partial charge in [0.05, 0.1) is 5.52 Å². The van der Waals surface area contributed by atoms with E-state index in [2.05, 4.69) is 41.5 Å². The van der Waals surface area contributed by atoms with Crippen LogP contribution in [0.3, 0.4) is 0 Å². The number of aromatic nitrogens is 1. The summed E-state index contributed by atoms with van der Waals surface area (Å²) < 4.78 is 0. The van der Waals surface area contributed by atoms with Gasteiger partial charge in [0.2, 0.25) is 0 Å². The van der Waals surface area contributed by atoms with E-state index in [-0.39, 0.29) is 0 Å². The number of unbranched alkanes of at least 4 members (excludes halogenated alkanes) is 3. The number of fused-ring (bicyclic) bond motifs is 1. The molecule has 1 atom stereocenters. The van der Waals surface area contributed by atoms with Gasteiger partial charge in [0, 0.05) is 17.6 Å². The standard InChI is InChI=1S/C17H24N2/c1-3-4-5-6-12-16(18-2)15-11-7-9-14-10-8-13-19-17(14)15/h7-11,13,16,18H,3-6,12H2,1-2H3. The fourth-order valence-corrected chi connectivity index (χ4v) is 2.64. The Balaban J connectivity index is 2.16. The number of para-hydroxylation sites is 1. The number of rotatable bonds is 7. The van der Waals surface area contributed by atoms with E-state index in [0.29, 0.717) is 6.04 Å². The number of nitrogens with one attached hydrogen (secondary N) is 1. The van der Waals surface area contributed by atoms with E-state index in [0.717, 1.165) is 5.52 Å². The predicted octanol–water partition coefficient (Wildman–Crippen LogP) is 4.47. The summed E-state index contributed by atoms with van der Waals surface area (Å²) in [6.45, 7) is 2.25. The first-order chi connectivity index (χ1) is 9.36. The molecule has 2 rings (SSSR count). The molecule has 0 saturated heterocycles. The van der Waals surface area contributed by atoms with Crippen LogP contribution < -0.4 is 5.32 Å². The Hall–Kier alpha value is -1.41. The molecular weight excluding hydrogens is 232 g/mol. The molecule has 0 bridgehead atoms. The van der Waals surface area contributed by atoms with E-state index in [9.17, 15) is 0 Å². The van der Waals surface area contributed by atoms with Crippen molar-refractivity contribution < 1.29 is 0 Å². The van der Waals surface area contributed by atoms with Crippen LogP contribution in [0, 0.1) is 0 Å². The molecule has 0 spiro atoms. The molecule has 0 aliphatic rings. The van der Waals surface area contributed by atoms with Crippen LogP contribution in [0.1, 0.15) is 50.6 Å². The quantitative estimate of drug-likeness (QED) is 0.739. The molecule has 0 aliphatic carbocycles. The number of hydrogen-bond acceptors (Lipinski definition) is 2. The molecule has 0 aliphatic heterocycles. The molecule has 19 heavy (non-hydrogen) atoms. The van der Waals surface area contributed by atoms with Gasteiger partial charge in [-0.2, -0.15) is 0 Å². The van der Waals surface area contributed by atoms with Crippen molar-refractivity contribution in [2.24, 2.45) is 0 Å². The normalized spacial score (nSPS) is 12.7. The van der Waals surface area contributed by atoms with E-state index < -0.39 is 0 Å². The largest absolute Gasteiger partial charge is 0.313 e. The average molecular weight is 256 g/mol. The summed E-state index contributed by atoms with van der Waals surface area (Å²) in [6, 6.07) is 11.0. The summed E-state index contributed by atoms with van der Waals surface area (Å²) in [7, 11) is 2.05. The predicted molar refractivity (Wildman–Crippen MR) is 82.3 cm³/mol. The minimum Gasteiger partial charge on any atom is -0.313 e. The topological polar surface area (TPSA) is 24.9 Å². The van der Waals surface area contributed by atoms with Crippen molar-refractivity contribution in [3.63, 3.8) is 0 Å². The molecule has 1 heterocycles. The summed E-state index contributed by atoms with van der Waals surface area (Å²) in [5, 5.41) is 4.68. The molecule has 0 radical (unpaired) electrons. The van der Waals surface area contributed by atoms with Crippen molar-refractivity contribution in [3.05, 3.63) is 42.1 Å². The van der Waals surface area contributed by atoms with Crippen LogP contribution in [0.5, 0.6) is 0 Å². The maximum atomic E-state index is 4.55. The Morgan fingerprint density at radius 2 is 1.95 bits per heavy atom. The van der Waals surface area contributed by atoms with Crippen molar-refractivity contribution in [2.45, 2.75) is 45.1 Å². The first-order valence-electron chi connectivity index (χ1n) is 7.37. The second-order valence-corrected chi connectivity index (χ2v) is 5.11. The maximum absolute atomic E-state index is 4.55. The third-order valence-corrected chi connectivity index (χ3v) is 3.73. The van der Waals surface area contributed by atoms with Gasteiger partial charge >= 0.3 is 0 Å². The van der Waals surface area contributed by atoms with E-state index in [1.165, 1.54) is 43.1 Å². The lowest BCUT2D eigenvalue weighted by atomic mass is 9.97. The summed E-state index contributed by atoms with van der Waals surface area (Å²) in [5.41, 5.74) is 2.47. The van der Waals surface area contributed by atoms with Crippen LogP contribution in [0.4, 0.5) is 0 Å². The summed E-state index contributed by atoms with van der Waals surface area (Å²) in [6.07, 6.45) is 8.31. The highest BCUT2D eigenvalue weighted by atomic mass is 14.9. The summed E-state index contributed by atoms with van der Waals surface area (Å²) in [4.78, 5) is 4.55. The van der Waals surface area contributed by atoms with Crippen molar-refractivity contribution in [3.8, 4) is 0 Å². The van der Waals surface area contributed by atoms with Crippen LogP contribution in [-0.2, 0) is 0 Å². The van der Waals surface area contributed by atoms with Crippen molar-refractivity contribution in [1.82, 2.24) is 10.3 Å². The molecule has 2 heteroatoms. The fourth-order valence-electron chi connectivity index (χ4n) is 2.64. The number of benzene rings is 1. The van der Waals surface area contributed by atoms with E-state index in [4.69, 9.17) is 0 Å². The van der Waals surface area contributed by atoms with Crippen LogP contribution in [0.15, 0.2) is 36.5 Å². The fraction of sp³-hybridized carbons (Fsp3) is 0.471. The third-order valence-electron chi connectivity index (χ3n) is 3.73. The molecule has 1 aromatic heterocycles. The van der Waals surface area contributed by atoms with Crippen LogP contribution in [0.25, 0.3) is 10.9 Å². The highest BCUT2D eigenvalue weighted by Crippen LogP contribution is 2.26. The summed E-state index contributed by atoms with van der Waals surface area (Å²) >= 11 is 0. The van der Waals surface area contributed by atoms with Crippen LogP contribution in [-0.4, -0.2) is 12.0 Å². The van der Waals surface area contributed by atoms with Crippen molar-refractivity contribution in [1.29, 1.82) is 0 Å². The van der Waals surface area contributed by atoms with Gasteiger partial charge in [-0.15, -0.1) is 0 Å². The van der Waals surface area contributed by atoms with Gasteiger partial charge in [0.1, 0.15) is 0 Å². The minimum absolute atomic E-state index is 0.412. The second kappa shape index (κ2) is 7.25. The van der Waals surface area contributed by atoms with Gasteiger partial charge in [-0.25, -0.2) is 0 Å². The first-order valence-corrected chi connectivity index (χ1v) is 7.37. The van der Waals surface area contributed by atoms with Crippen LogP contribution >= 0.6 is 0 Å². The van der Waals surface area contributed by atoms with Gasteiger partial charge in [-0.3, -0.25) is 4.98 Å². The number of nitrogens with zero attached hydrogens (tertiary/aromatic N) is 1. The molecule has 2 aromatic rings. The zero-order valence-corrected chi connectivity index (χ0v) is 12.0. The highest BCUT2D eigenvalue weighted by molar-refractivity contribution is 5.81. The Kier molecular flexibility index (Phi) is 5.34. The Labute approximate surface area is 116 Å². The minimum atomic E-state index is 0.412. The third kappa shape index (κ3) is 3.54. The van der Waals surface area contributed by atoms with E-state index in [1.807, 2.05) is 19.3 Å². The number of hydrogen-bond donors (Lipinski definition) is 1. The lowest BCUT2D eigenvalue weighted by molar-refractivity contribution is 0.507. The molecular formula is C17H24N2. The van der Waals surface area contributed by atoms with Gasteiger partial charge in [-0.05, 0) is 25.1 Å². The molecule has 102 valence electrons. The lowest BCUT2D eigenvalue weighted by Gasteiger charge is -2.18. The molecule has 1 unspecified atom stereocenters. The molecule has 1 aromatic carbocycles. The molecule has 2 nitrogen and oxygen atoms in total. The molecule has 0 fully saturated rings. The van der Waals surface area contributed by atoms with Gasteiger partial charge < -0.3 is 5.32 Å². The lowest BCUT2D eigenvalue weighted by Crippen LogP contribution is -2.16. The van der Waals surface area contributed by atoms with Gasteiger partial charge in [0.25, 0.3) is 0 Å².